The maximum Gasteiger partial charge on any atom is 0.332 e. The van der Waals surface area contributed by atoms with Crippen molar-refractivity contribution in [2.24, 2.45) is 14.1 Å². The van der Waals surface area contributed by atoms with Gasteiger partial charge in [-0.05, 0) is 17.0 Å². The number of amides is 1. The smallest absolute Gasteiger partial charge is 0.325 e. The number of aromatic nitrogens is 3. The molecule has 1 N–H and O–H groups in total. The van der Waals surface area contributed by atoms with Crippen LogP contribution < -0.4 is 16.6 Å². The van der Waals surface area contributed by atoms with Gasteiger partial charge in [-0.3, -0.25) is 28.8 Å². The molecule has 3 aromatic rings. The van der Waals surface area contributed by atoms with Crippen molar-refractivity contribution in [3.63, 3.8) is 0 Å². The van der Waals surface area contributed by atoms with E-state index in [0.717, 1.165) is 4.57 Å². The number of rotatable bonds is 5. The van der Waals surface area contributed by atoms with Crippen LogP contribution >= 0.6 is 0 Å². The van der Waals surface area contributed by atoms with E-state index in [2.05, 4.69) is 10.3 Å². The van der Waals surface area contributed by atoms with E-state index >= 15 is 0 Å². The Hall–Kier alpha value is -3.82. The van der Waals surface area contributed by atoms with Gasteiger partial charge in [0.2, 0.25) is 5.91 Å². The van der Waals surface area contributed by atoms with Crippen LogP contribution in [0.3, 0.4) is 0 Å². The van der Waals surface area contributed by atoms with E-state index in [4.69, 9.17) is 0 Å². The summed E-state index contributed by atoms with van der Waals surface area (Å²) in [7, 11) is 2.88. The minimum Gasteiger partial charge on any atom is -0.325 e. The predicted octanol–water partition coefficient (Wildman–Crippen LogP) is 1.84. The van der Waals surface area contributed by atoms with Crippen molar-refractivity contribution < 1.29 is 9.72 Å². The summed E-state index contributed by atoms with van der Waals surface area (Å²) >= 11 is 0. The first-order chi connectivity index (χ1) is 14.1. The van der Waals surface area contributed by atoms with Crippen LogP contribution in [0.5, 0.6) is 0 Å². The van der Waals surface area contributed by atoms with Gasteiger partial charge in [0, 0.05) is 32.4 Å². The summed E-state index contributed by atoms with van der Waals surface area (Å²) < 4.78 is 2.23. The summed E-state index contributed by atoms with van der Waals surface area (Å²) in [5, 5.41) is 13.7. The molecule has 1 aromatic carbocycles. The lowest BCUT2D eigenvalue weighted by Gasteiger charge is -2.17. The topological polar surface area (TPSA) is 129 Å². The van der Waals surface area contributed by atoms with E-state index in [1.807, 2.05) is 13.8 Å². The predicted molar refractivity (Wildman–Crippen MR) is 112 cm³/mol. The average Bonchev–Trinajstić information content (AvgIpc) is 2.70. The Morgan fingerprint density at radius 2 is 1.80 bits per heavy atom. The molecule has 10 nitrogen and oxygen atoms in total. The fourth-order valence-electron chi connectivity index (χ4n) is 3.22. The molecule has 1 amide bonds. The summed E-state index contributed by atoms with van der Waals surface area (Å²) in [6, 6.07) is 5.67. The number of aryl methyl sites for hydroxylation is 1. The molecule has 0 aliphatic rings. The molecule has 0 aliphatic carbocycles. The summed E-state index contributed by atoms with van der Waals surface area (Å²) in [6.45, 7) is 3.81. The van der Waals surface area contributed by atoms with Gasteiger partial charge in [0.1, 0.15) is 5.39 Å². The van der Waals surface area contributed by atoms with E-state index in [9.17, 15) is 24.5 Å². The molecule has 3 rings (SSSR count). The van der Waals surface area contributed by atoms with Gasteiger partial charge in [0.05, 0.1) is 17.0 Å². The molecule has 2 heterocycles. The molecule has 0 spiro atoms. The lowest BCUT2D eigenvalue weighted by atomic mass is 10.0. The monoisotopic (exact) mass is 411 g/mol. The second kappa shape index (κ2) is 7.90. The highest BCUT2D eigenvalue weighted by molar-refractivity contribution is 6.01. The third-order valence-electron chi connectivity index (χ3n) is 4.90. The quantitative estimate of drug-likeness (QED) is 0.504. The third-order valence-corrected chi connectivity index (χ3v) is 4.90. The minimum atomic E-state index is -0.547. The highest BCUT2D eigenvalue weighted by Crippen LogP contribution is 2.28. The number of nitro benzene ring substituents is 1. The van der Waals surface area contributed by atoms with Crippen LogP contribution in [0, 0.1) is 10.1 Å². The van der Waals surface area contributed by atoms with Crippen LogP contribution in [0.2, 0.25) is 0 Å². The first-order valence-electron chi connectivity index (χ1n) is 9.23. The van der Waals surface area contributed by atoms with Crippen molar-refractivity contribution in [2.75, 3.05) is 5.32 Å². The molecule has 0 aliphatic heterocycles. The number of anilines is 1. The molecule has 2 aromatic heterocycles. The van der Waals surface area contributed by atoms with Gasteiger partial charge in [-0.25, -0.2) is 9.78 Å². The number of non-ortho nitro benzene ring substituents is 1. The van der Waals surface area contributed by atoms with Crippen LogP contribution in [-0.2, 0) is 25.3 Å². The van der Waals surface area contributed by atoms with E-state index < -0.39 is 22.1 Å². The van der Waals surface area contributed by atoms with Crippen LogP contribution in [0.1, 0.15) is 30.9 Å². The van der Waals surface area contributed by atoms with Gasteiger partial charge >= 0.3 is 5.69 Å². The maximum absolute atomic E-state index is 12.8. The second-order valence-electron chi connectivity index (χ2n) is 7.30. The zero-order valence-corrected chi connectivity index (χ0v) is 17.0. The van der Waals surface area contributed by atoms with Gasteiger partial charge in [-0.1, -0.05) is 26.0 Å². The number of fused-ring (bicyclic) bond motifs is 1. The molecular weight excluding hydrogens is 390 g/mol. The number of carbonyl (C=O) groups excluding carboxylic acids is 1. The number of pyridine rings is 1. The minimum absolute atomic E-state index is 0.0363. The Morgan fingerprint density at radius 3 is 2.37 bits per heavy atom. The first kappa shape index (κ1) is 20.9. The zero-order chi connectivity index (χ0) is 22.2. The molecule has 10 heteroatoms. The molecule has 0 fully saturated rings. The summed E-state index contributed by atoms with van der Waals surface area (Å²) in [5.74, 6) is -0.437. The molecular formula is C20H21N5O5. The summed E-state index contributed by atoms with van der Waals surface area (Å²) in [6.07, 6.45) is 1.51. The Bertz CT molecular complexity index is 1270. The number of hydrogen-bond acceptors (Lipinski definition) is 6. The second-order valence-corrected chi connectivity index (χ2v) is 7.30. The molecule has 0 radical (unpaired) electrons. The van der Waals surface area contributed by atoms with Crippen molar-refractivity contribution >= 4 is 28.3 Å². The Labute approximate surface area is 170 Å². The number of nitrogens with one attached hydrogen (secondary N) is 1. The average molecular weight is 411 g/mol. The van der Waals surface area contributed by atoms with Crippen LogP contribution in [-0.4, -0.2) is 24.9 Å². The fraction of sp³-hybridized carbons (Fsp3) is 0.300. The van der Waals surface area contributed by atoms with Crippen LogP contribution in [0.25, 0.3) is 11.0 Å². The molecule has 0 saturated heterocycles. The fourth-order valence-corrected chi connectivity index (χ4v) is 3.22. The van der Waals surface area contributed by atoms with Crippen molar-refractivity contribution in [2.45, 2.75) is 26.2 Å². The molecule has 30 heavy (non-hydrogen) atoms. The Balaban J connectivity index is 2.06. The molecule has 0 unspecified atom stereocenters. The number of nitrogens with zero attached hydrogens (tertiary/aromatic N) is 4. The van der Waals surface area contributed by atoms with Crippen LogP contribution in [0.4, 0.5) is 11.4 Å². The van der Waals surface area contributed by atoms with E-state index in [0.29, 0.717) is 16.8 Å². The lowest BCUT2D eigenvalue weighted by molar-refractivity contribution is -0.384. The normalized spacial score (nSPS) is 11.1. The van der Waals surface area contributed by atoms with Gasteiger partial charge < -0.3 is 5.32 Å². The molecule has 0 bridgehead atoms. The maximum atomic E-state index is 12.8. The van der Waals surface area contributed by atoms with Crippen LogP contribution in [0.15, 0.2) is 40.1 Å². The molecule has 0 atom stereocenters. The zero-order valence-electron chi connectivity index (χ0n) is 17.0. The largest absolute Gasteiger partial charge is 0.332 e. The van der Waals surface area contributed by atoms with Crippen molar-refractivity contribution in [1.82, 2.24) is 14.1 Å². The molecule has 0 saturated carbocycles. The Morgan fingerprint density at radius 1 is 1.17 bits per heavy atom. The van der Waals surface area contributed by atoms with Crippen molar-refractivity contribution in [3.05, 3.63) is 72.5 Å². The number of hydrogen-bond donors (Lipinski definition) is 1. The SMILES string of the molecule is CC(C)c1cnc2c(c1NC(=O)Cc1ccc([N+](=O)[O-])cc1)c(=O)n(C)c(=O)n2C. The highest BCUT2D eigenvalue weighted by Gasteiger charge is 2.20. The highest BCUT2D eigenvalue weighted by atomic mass is 16.6. The molecule has 156 valence electrons. The summed E-state index contributed by atoms with van der Waals surface area (Å²) in [4.78, 5) is 52.3. The van der Waals surface area contributed by atoms with E-state index in [1.54, 1.807) is 6.20 Å². The lowest BCUT2D eigenvalue weighted by Crippen LogP contribution is -2.38. The van der Waals surface area contributed by atoms with Crippen molar-refractivity contribution in [1.29, 1.82) is 0 Å². The van der Waals surface area contributed by atoms with Gasteiger partial charge in [0.25, 0.3) is 11.2 Å². The third kappa shape index (κ3) is 3.71. The summed E-state index contributed by atoms with van der Waals surface area (Å²) in [5.41, 5.74) is 0.620. The Kier molecular flexibility index (Phi) is 5.50. The van der Waals surface area contributed by atoms with Gasteiger partial charge in [-0.2, -0.15) is 0 Å². The standard InChI is InChI=1S/C20H21N5O5/c1-11(2)14-10-21-18-16(19(27)24(4)20(28)23(18)3)17(14)22-15(26)9-12-5-7-13(8-6-12)25(29)30/h5-8,10-11H,9H2,1-4H3,(H,21,22,26). The van der Waals surface area contributed by atoms with E-state index in [1.165, 1.54) is 42.9 Å². The van der Waals surface area contributed by atoms with Crippen molar-refractivity contribution in [3.8, 4) is 0 Å². The van der Waals surface area contributed by atoms with Gasteiger partial charge in [-0.15, -0.1) is 0 Å². The number of nitro groups is 1. The number of carbonyl (C=O) groups is 1. The van der Waals surface area contributed by atoms with E-state index in [-0.39, 0.29) is 29.1 Å². The van der Waals surface area contributed by atoms with Gasteiger partial charge in [0.15, 0.2) is 5.65 Å². The number of benzene rings is 1. The first-order valence-corrected chi connectivity index (χ1v) is 9.23.